The number of thioether (sulfide) groups is 1. The van der Waals surface area contributed by atoms with Crippen LogP contribution in [0.3, 0.4) is 0 Å². The first-order valence-corrected chi connectivity index (χ1v) is 13.1. The standard InChI is InChI=1S/C26H29BrN2O3S/c1-3-4-14-32-23-17-21(27)18(15-22(23)31-2)16-24-25(30)29(20-12-8-9-13-20)26(33-24)28-19-10-6-5-7-11-19/h5-7,10-11,15-17,20H,3-4,8-9,12-14H2,1-2H3. The van der Waals surface area contributed by atoms with Crippen molar-refractivity contribution in [2.75, 3.05) is 13.7 Å². The quantitative estimate of drug-likeness (QED) is 0.269. The second-order valence-electron chi connectivity index (χ2n) is 8.18. The summed E-state index contributed by atoms with van der Waals surface area (Å²) >= 11 is 5.09. The Bertz CT molecular complexity index is 1050. The van der Waals surface area contributed by atoms with Gasteiger partial charge in [0.2, 0.25) is 0 Å². The van der Waals surface area contributed by atoms with Gasteiger partial charge in [0.25, 0.3) is 5.91 Å². The fourth-order valence-corrected chi connectivity index (χ4v) is 5.55. The van der Waals surface area contributed by atoms with Crippen molar-refractivity contribution in [2.45, 2.75) is 51.5 Å². The Balaban J connectivity index is 1.66. The summed E-state index contributed by atoms with van der Waals surface area (Å²) in [5, 5.41) is 0.756. The lowest BCUT2D eigenvalue weighted by atomic mass is 10.1. The van der Waals surface area contributed by atoms with Crippen LogP contribution < -0.4 is 9.47 Å². The van der Waals surface area contributed by atoms with Gasteiger partial charge in [0.1, 0.15) is 0 Å². The first-order chi connectivity index (χ1) is 16.1. The Morgan fingerprint density at radius 3 is 2.64 bits per heavy atom. The fraction of sp³-hybridized carbons (Fsp3) is 0.385. The molecule has 0 bridgehead atoms. The molecule has 33 heavy (non-hydrogen) atoms. The molecule has 1 heterocycles. The predicted octanol–water partition coefficient (Wildman–Crippen LogP) is 7.18. The number of para-hydroxylation sites is 1. The second kappa shape index (κ2) is 11.3. The molecule has 0 N–H and O–H groups in total. The van der Waals surface area contributed by atoms with Crippen molar-refractivity contribution in [1.82, 2.24) is 4.90 Å². The minimum Gasteiger partial charge on any atom is -0.493 e. The topological polar surface area (TPSA) is 51.1 Å². The third-order valence-corrected chi connectivity index (χ3v) is 7.50. The zero-order chi connectivity index (χ0) is 23.2. The zero-order valence-corrected chi connectivity index (χ0v) is 21.5. The summed E-state index contributed by atoms with van der Waals surface area (Å²) in [6.45, 7) is 2.77. The molecular formula is C26H29BrN2O3S. The molecule has 0 unspecified atom stereocenters. The number of hydrogen-bond donors (Lipinski definition) is 0. The molecule has 5 nitrogen and oxygen atoms in total. The van der Waals surface area contributed by atoms with Crippen molar-refractivity contribution in [3.05, 3.63) is 57.4 Å². The molecule has 0 atom stereocenters. The van der Waals surface area contributed by atoms with Crippen molar-refractivity contribution in [2.24, 2.45) is 4.99 Å². The minimum atomic E-state index is 0.0238. The summed E-state index contributed by atoms with van der Waals surface area (Å²) in [4.78, 5) is 20.9. The molecule has 174 valence electrons. The van der Waals surface area contributed by atoms with E-state index in [0.29, 0.717) is 23.0 Å². The smallest absolute Gasteiger partial charge is 0.267 e. The number of ether oxygens (including phenoxy) is 2. The van der Waals surface area contributed by atoms with Gasteiger partial charge in [-0.25, -0.2) is 4.99 Å². The van der Waals surface area contributed by atoms with E-state index in [1.54, 1.807) is 7.11 Å². The number of hydrogen-bond acceptors (Lipinski definition) is 5. The number of benzene rings is 2. The van der Waals surface area contributed by atoms with E-state index in [4.69, 9.17) is 14.5 Å². The molecule has 0 aromatic heterocycles. The monoisotopic (exact) mass is 528 g/mol. The molecule has 0 radical (unpaired) electrons. The molecule has 1 amide bonds. The molecule has 2 aromatic carbocycles. The number of amidine groups is 1. The number of unbranched alkanes of at least 4 members (excludes halogenated alkanes) is 1. The summed E-state index contributed by atoms with van der Waals surface area (Å²) in [7, 11) is 1.63. The van der Waals surface area contributed by atoms with E-state index in [9.17, 15) is 4.79 Å². The van der Waals surface area contributed by atoms with E-state index >= 15 is 0 Å². The number of aliphatic imine (C=N–C) groups is 1. The lowest BCUT2D eigenvalue weighted by Gasteiger charge is -2.22. The first-order valence-electron chi connectivity index (χ1n) is 11.5. The molecule has 2 aliphatic rings. The van der Waals surface area contributed by atoms with Crippen molar-refractivity contribution in [3.8, 4) is 11.5 Å². The third kappa shape index (κ3) is 5.64. The van der Waals surface area contributed by atoms with E-state index in [-0.39, 0.29) is 11.9 Å². The van der Waals surface area contributed by atoms with E-state index in [0.717, 1.165) is 59.4 Å². The van der Waals surface area contributed by atoms with Gasteiger partial charge in [-0.3, -0.25) is 9.69 Å². The SMILES string of the molecule is CCCCOc1cc(Br)c(C=C2SC(=Nc3ccccc3)N(C3CCCC3)C2=O)cc1OC. The average Bonchev–Trinajstić information content (AvgIpc) is 3.44. The lowest BCUT2D eigenvalue weighted by molar-refractivity contribution is -0.123. The van der Waals surface area contributed by atoms with E-state index in [2.05, 4.69) is 22.9 Å². The van der Waals surface area contributed by atoms with Crippen LogP contribution in [0.2, 0.25) is 0 Å². The van der Waals surface area contributed by atoms with E-state index in [1.165, 1.54) is 11.8 Å². The summed E-state index contributed by atoms with van der Waals surface area (Å²) in [5.74, 6) is 1.38. The van der Waals surface area contributed by atoms with Crippen LogP contribution in [-0.4, -0.2) is 35.7 Å². The van der Waals surface area contributed by atoms with Gasteiger partial charge in [-0.2, -0.15) is 0 Å². The van der Waals surface area contributed by atoms with Crippen molar-refractivity contribution in [1.29, 1.82) is 0 Å². The van der Waals surface area contributed by atoms with Gasteiger partial charge in [-0.1, -0.05) is 60.3 Å². The zero-order valence-electron chi connectivity index (χ0n) is 19.1. The number of carbonyl (C=O) groups is 1. The molecule has 1 aliphatic heterocycles. The molecule has 2 fully saturated rings. The highest BCUT2D eigenvalue weighted by Gasteiger charge is 2.39. The number of amides is 1. The normalized spacial score (nSPS) is 19.1. The first kappa shape index (κ1) is 23.9. The van der Waals surface area contributed by atoms with Crippen LogP contribution >= 0.6 is 27.7 Å². The molecule has 2 aromatic rings. The number of carbonyl (C=O) groups excluding carboxylic acids is 1. The van der Waals surface area contributed by atoms with Gasteiger partial charge in [0, 0.05) is 10.5 Å². The Morgan fingerprint density at radius 2 is 1.94 bits per heavy atom. The number of methoxy groups -OCH3 is 1. The maximum absolute atomic E-state index is 13.5. The summed E-state index contributed by atoms with van der Waals surface area (Å²) in [6, 6.07) is 13.9. The van der Waals surface area contributed by atoms with Gasteiger partial charge in [0.05, 0.1) is 24.3 Å². The Labute approximate surface area is 208 Å². The molecule has 7 heteroatoms. The largest absolute Gasteiger partial charge is 0.493 e. The minimum absolute atomic E-state index is 0.0238. The second-order valence-corrected chi connectivity index (χ2v) is 10.0. The Hall–Kier alpha value is -2.25. The van der Waals surface area contributed by atoms with Crippen LogP contribution in [0.1, 0.15) is 51.0 Å². The molecule has 0 spiro atoms. The van der Waals surface area contributed by atoms with Crippen molar-refractivity contribution < 1.29 is 14.3 Å². The third-order valence-electron chi connectivity index (χ3n) is 5.83. The molecular weight excluding hydrogens is 500 g/mol. The highest BCUT2D eigenvalue weighted by atomic mass is 79.9. The van der Waals surface area contributed by atoms with Crippen LogP contribution in [0.15, 0.2) is 56.8 Å². The molecule has 1 aliphatic carbocycles. The lowest BCUT2D eigenvalue weighted by Crippen LogP contribution is -2.37. The van der Waals surface area contributed by atoms with Crippen molar-refractivity contribution >= 4 is 50.5 Å². The van der Waals surface area contributed by atoms with Crippen LogP contribution in [0.4, 0.5) is 5.69 Å². The van der Waals surface area contributed by atoms with Gasteiger partial charge < -0.3 is 9.47 Å². The van der Waals surface area contributed by atoms with Gasteiger partial charge >= 0.3 is 0 Å². The van der Waals surface area contributed by atoms with Crippen LogP contribution in [-0.2, 0) is 4.79 Å². The van der Waals surface area contributed by atoms with Gasteiger partial charge in [0.15, 0.2) is 16.7 Å². The number of nitrogens with zero attached hydrogens (tertiary/aromatic N) is 2. The molecule has 1 saturated carbocycles. The maximum atomic E-state index is 13.5. The van der Waals surface area contributed by atoms with Crippen LogP contribution in [0.5, 0.6) is 11.5 Å². The molecule has 4 rings (SSSR count). The average molecular weight is 530 g/mol. The fourth-order valence-electron chi connectivity index (χ4n) is 4.06. The Kier molecular flexibility index (Phi) is 8.15. The summed E-state index contributed by atoms with van der Waals surface area (Å²) in [5.41, 5.74) is 1.73. The van der Waals surface area contributed by atoms with Gasteiger partial charge in [-0.05, 0) is 66.9 Å². The van der Waals surface area contributed by atoms with E-state index in [1.807, 2.05) is 53.4 Å². The highest BCUT2D eigenvalue weighted by molar-refractivity contribution is 9.10. The summed E-state index contributed by atoms with van der Waals surface area (Å²) in [6.07, 6.45) is 8.32. The number of halogens is 1. The van der Waals surface area contributed by atoms with Crippen LogP contribution in [0, 0.1) is 0 Å². The molecule has 1 saturated heterocycles. The summed E-state index contributed by atoms with van der Waals surface area (Å²) < 4.78 is 12.3. The van der Waals surface area contributed by atoms with E-state index < -0.39 is 0 Å². The van der Waals surface area contributed by atoms with Gasteiger partial charge in [-0.15, -0.1) is 0 Å². The number of rotatable bonds is 8. The highest BCUT2D eigenvalue weighted by Crippen LogP contribution is 2.41. The van der Waals surface area contributed by atoms with Crippen LogP contribution in [0.25, 0.3) is 6.08 Å². The maximum Gasteiger partial charge on any atom is 0.267 e. The predicted molar refractivity (Wildman–Crippen MR) is 139 cm³/mol. The Morgan fingerprint density at radius 1 is 1.18 bits per heavy atom. The van der Waals surface area contributed by atoms with Crippen molar-refractivity contribution in [3.63, 3.8) is 0 Å².